The van der Waals surface area contributed by atoms with Gasteiger partial charge in [0, 0.05) is 18.0 Å². The average molecular weight is 419 g/mol. The van der Waals surface area contributed by atoms with Crippen molar-refractivity contribution in [2.75, 3.05) is 6.61 Å². The van der Waals surface area contributed by atoms with E-state index in [1.165, 1.54) is 11.6 Å². The summed E-state index contributed by atoms with van der Waals surface area (Å²) < 4.78 is 12.8. The maximum Gasteiger partial charge on any atom is 0.229 e. The molecule has 1 saturated heterocycles. The molecule has 164 valence electrons. The molecular formula is C22H29NO7. The van der Waals surface area contributed by atoms with Crippen LogP contribution in [0.3, 0.4) is 0 Å². The summed E-state index contributed by atoms with van der Waals surface area (Å²) >= 11 is 0. The molecule has 0 radical (unpaired) electrons. The third-order valence-corrected chi connectivity index (χ3v) is 5.72. The first-order valence-electron chi connectivity index (χ1n) is 10.1. The van der Waals surface area contributed by atoms with Crippen LogP contribution in [-0.4, -0.2) is 62.3 Å². The molecule has 2 heterocycles. The Hall–Kier alpha value is -2.23. The number of hydrogen-bond acceptors (Lipinski definition) is 7. The lowest BCUT2D eigenvalue weighted by molar-refractivity contribution is -0.277. The topological polar surface area (TPSA) is 121 Å². The van der Waals surface area contributed by atoms with Crippen LogP contribution in [0.15, 0.2) is 41.3 Å². The van der Waals surface area contributed by atoms with Crippen molar-refractivity contribution < 1.29 is 29.9 Å². The van der Waals surface area contributed by atoms with Crippen LogP contribution in [0.1, 0.15) is 37.4 Å². The Morgan fingerprint density at radius 3 is 2.37 bits per heavy atom. The van der Waals surface area contributed by atoms with Crippen molar-refractivity contribution in [3.8, 4) is 11.4 Å². The fourth-order valence-corrected chi connectivity index (χ4v) is 3.52. The van der Waals surface area contributed by atoms with Crippen LogP contribution in [0.5, 0.6) is 5.75 Å². The number of nitrogens with zero attached hydrogens (tertiary/aromatic N) is 1. The van der Waals surface area contributed by atoms with E-state index in [9.17, 15) is 25.2 Å². The van der Waals surface area contributed by atoms with Gasteiger partial charge in [0.25, 0.3) is 0 Å². The Bertz CT molecular complexity index is 909. The molecule has 8 heteroatoms. The highest BCUT2D eigenvalue weighted by molar-refractivity contribution is 5.41. The van der Waals surface area contributed by atoms with Gasteiger partial charge in [0.2, 0.25) is 11.7 Å². The normalized spacial score (nSPS) is 27.6. The third-order valence-electron chi connectivity index (χ3n) is 5.72. The van der Waals surface area contributed by atoms with Gasteiger partial charge in [-0.3, -0.25) is 4.79 Å². The van der Waals surface area contributed by atoms with E-state index in [0.29, 0.717) is 11.6 Å². The standard InChI is InChI=1S/C22H29NO7/c1-4-12(2)14-5-7-15(8-6-14)23-10-9-16(25)21(13(23)3)30-22-20(28)19(27)18(26)17(11-24)29-22/h5-10,12,17-20,22,24,26-28H,4,11H2,1-3H3/t12?,17-,18-,19+,20-,22+/m1/s1. The van der Waals surface area contributed by atoms with Gasteiger partial charge in [-0.15, -0.1) is 0 Å². The van der Waals surface area contributed by atoms with E-state index < -0.39 is 42.7 Å². The van der Waals surface area contributed by atoms with Crippen molar-refractivity contribution in [3.63, 3.8) is 0 Å². The molecule has 1 aliphatic rings. The monoisotopic (exact) mass is 419 g/mol. The summed E-state index contributed by atoms with van der Waals surface area (Å²) in [6.07, 6.45) is -4.54. The first kappa shape index (κ1) is 22.5. The Balaban J connectivity index is 1.91. The lowest BCUT2D eigenvalue weighted by atomic mass is 9.98. The zero-order chi connectivity index (χ0) is 22.0. The summed E-state index contributed by atoms with van der Waals surface area (Å²) in [5.74, 6) is 0.395. The van der Waals surface area contributed by atoms with Gasteiger partial charge in [0.1, 0.15) is 24.4 Å². The smallest absolute Gasteiger partial charge is 0.229 e. The van der Waals surface area contributed by atoms with Crippen LogP contribution >= 0.6 is 0 Å². The highest BCUT2D eigenvalue weighted by Gasteiger charge is 2.45. The molecule has 1 aliphatic heterocycles. The number of pyridine rings is 1. The molecule has 30 heavy (non-hydrogen) atoms. The van der Waals surface area contributed by atoms with Crippen molar-refractivity contribution in [3.05, 3.63) is 58.0 Å². The average Bonchev–Trinajstić information content (AvgIpc) is 2.76. The number of aromatic nitrogens is 1. The third kappa shape index (κ3) is 4.28. The maximum absolute atomic E-state index is 12.4. The second-order valence-corrected chi connectivity index (χ2v) is 7.68. The molecule has 8 nitrogen and oxygen atoms in total. The molecule has 1 unspecified atom stereocenters. The van der Waals surface area contributed by atoms with Crippen molar-refractivity contribution in [2.24, 2.45) is 0 Å². The van der Waals surface area contributed by atoms with E-state index >= 15 is 0 Å². The molecule has 0 amide bonds. The number of hydrogen-bond donors (Lipinski definition) is 4. The second kappa shape index (κ2) is 9.28. The summed E-state index contributed by atoms with van der Waals surface area (Å²) in [7, 11) is 0. The molecule has 1 fully saturated rings. The van der Waals surface area contributed by atoms with E-state index in [1.54, 1.807) is 17.7 Å². The van der Waals surface area contributed by atoms with Gasteiger partial charge in [-0.1, -0.05) is 26.0 Å². The first-order chi connectivity index (χ1) is 14.3. The molecule has 0 aliphatic carbocycles. The number of aliphatic hydroxyl groups excluding tert-OH is 4. The lowest BCUT2D eigenvalue weighted by Gasteiger charge is -2.39. The SMILES string of the molecule is CCC(C)c1ccc(-n2ccc(=O)c(O[C@@H]3O[C@H](CO)[C@@H](O)[C@H](O)[C@H]3O)c2C)cc1. The minimum Gasteiger partial charge on any atom is -0.456 e. The van der Waals surface area contributed by atoms with Gasteiger partial charge in [0.15, 0.2) is 5.75 Å². The lowest BCUT2D eigenvalue weighted by Crippen LogP contribution is -2.60. The summed E-state index contributed by atoms with van der Waals surface area (Å²) in [5.41, 5.74) is 2.11. The van der Waals surface area contributed by atoms with E-state index in [4.69, 9.17) is 9.47 Å². The zero-order valence-electron chi connectivity index (χ0n) is 17.3. The van der Waals surface area contributed by atoms with Gasteiger partial charge in [-0.25, -0.2) is 0 Å². The zero-order valence-corrected chi connectivity index (χ0v) is 17.3. The fourth-order valence-electron chi connectivity index (χ4n) is 3.52. The van der Waals surface area contributed by atoms with Crippen molar-refractivity contribution >= 4 is 0 Å². The molecule has 1 aromatic heterocycles. The molecule has 0 spiro atoms. The van der Waals surface area contributed by atoms with E-state index in [2.05, 4.69) is 13.8 Å². The molecule has 6 atom stereocenters. The number of aliphatic hydroxyl groups is 4. The minimum absolute atomic E-state index is 0.0483. The Kier molecular flexibility index (Phi) is 6.95. The van der Waals surface area contributed by atoms with Crippen LogP contribution in [0.25, 0.3) is 5.69 Å². The largest absolute Gasteiger partial charge is 0.456 e. The summed E-state index contributed by atoms with van der Waals surface area (Å²) in [4.78, 5) is 12.4. The van der Waals surface area contributed by atoms with Gasteiger partial charge in [0.05, 0.1) is 12.3 Å². The van der Waals surface area contributed by atoms with E-state index in [0.717, 1.165) is 12.1 Å². The Morgan fingerprint density at radius 2 is 1.77 bits per heavy atom. The van der Waals surface area contributed by atoms with E-state index in [-0.39, 0.29) is 5.75 Å². The summed E-state index contributed by atoms with van der Waals surface area (Å²) in [6.45, 7) is 5.41. The summed E-state index contributed by atoms with van der Waals surface area (Å²) in [5, 5.41) is 39.4. The van der Waals surface area contributed by atoms with Gasteiger partial charge in [-0.05, 0) is 37.0 Å². The molecule has 3 rings (SSSR count). The molecule has 2 aromatic rings. The van der Waals surface area contributed by atoms with Crippen molar-refractivity contribution in [2.45, 2.75) is 63.8 Å². The van der Waals surface area contributed by atoms with Crippen LogP contribution in [0.4, 0.5) is 0 Å². The number of benzene rings is 1. The van der Waals surface area contributed by atoms with Gasteiger partial charge >= 0.3 is 0 Å². The molecule has 1 aromatic carbocycles. The van der Waals surface area contributed by atoms with Gasteiger partial charge in [-0.2, -0.15) is 0 Å². The molecule has 0 bridgehead atoms. The Labute approximate surface area is 174 Å². The molecular weight excluding hydrogens is 390 g/mol. The number of ether oxygens (including phenoxy) is 2. The fraction of sp³-hybridized carbons (Fsp3) is 0.500. The first-order valence-corrected chi connectivity index (χ1v) is 10.1. The predicted molar refractivity (Wildman–Crippen MR) is 110 cm³/mol. The van der Waals surface area contributed by atoms with Crippen molar-refractivity contribution in [1.82, 2.24) is 4.57 Å². The van der Waals surface area contributed by atoms with Crippen LogP contribution in [-0.2, 0) is 4.74 Å². The number of rotatable bonds is 6. The van der Waals surface area contributed by atoms with Crippen LogP contribution < -0.4 is 10.2 Å². The predicted octanol–water partition coefficient (Wildman–Crippen LogP) is 0.838. The van der Waals surface area contributed by atoms with Crippen LogP contribution in [0, 0.1) is 6.92 Å². The van der Waals surface area contributed by atoms with Gasteiger partial charge < -0.3 is 34.5 Å². The van der Waals surface area contributed by atoms with Crippen molar-refractivity contribution in [1.29, 1.82) is 0 Å². The molecule has 4 N–H and O–H groups in total. The summed E-state index contributed by atoms with van der Waals surface area (Å²) in [6, 6.07) is 9.33. The molecule has 0 saturated carbocycles. The quantitative estimate of drug-likeness (QED) is 0.547. The maximum atomic E-state index is 12.4. The van der Waals surface area contributed by atoms with Crippen LogP contribution in [0.2, 0.25) is 0 Å². The highest BCUT2D eigenvalue weighted by Crippen LogP contribution is 2.26. The highest BCUT2D eigenvalue weighted by atomic mass is 16.7. The second-order valence-electron chi connectivity index (χ2n) is 7.68. The minimum atomic E-state index is -1.59. The Morgan fingerprint density at radius 1 is 1.10 bits per heavy atom. The van der Waals surface area contributed by atoms with E-state index in [1.807, 2.05) is 24.3 Å².